The first kappa shape index (κ1) is 18.2. The van der Waals surface area contributed by atoms with Crippen LogP contribution in [0.15, 0.2) is 24.3 Å². The molecule has 3 saturated carbocycles. The molecule has 3 aliphatic carbocycles. The Balaban J connectivity index is 1.23. The summed E-state index contributed by atoms with van der Waals surface area (Å²) in [6.45, 7) is 1.70. The van der Waals surface area contributed by atoms with Gasteiger partial charge in [-0.05, 0) is 55.9 Å². The number of aromatic nitrogens is 1. The molecule has 0 radical (unpaired) electrons. The summed E-state index contributed by atoms with van der Waals surface area (Å²) < 4.78 is 22.8. The molecule has 1 aromatic heterocycles. The van der Waals surface area contributed by atoms with E-state index >= 15 is 0 Å². The average Bonchev–Trinajstić information content (AvgIpc) is 2.99. The van der Waals surface area contributed by atoms with Gasteiger partial charge in [-0.3, -0.25) is 9.59 Å². The summed E-state index contributed by atoms with van der Waals surface area (Å²) in [7, 11) is 0. The standard InChI is InChI=1S/C18H17ClFN3O3S/c1-10-4-14(23-27-10)16(25)22-18-7-17(8-18,9-18)21-15(24)6-26-11-2-3-12(19)13(20)5-11/h2-5H,6-9H2,1H3,(H,21,24)(H,22,25). The first-order chi connectivity index (χ1) is 12.8. The summed E-state index contributed by atoms with van der Waals surface area (Å²) in [4.78, 5) is 25.3. The second-order valence-corrected chi connectivity index (χ2v) is 8.70. The highest BCUT2D eigenvalue weighted by molar-refractivity contribution is 7.05. The van der Waals surface area contributed by atoms with E-state index in [9.17, 15) is 14.0 Å². The number of hydrogen-bond acceptors (Lipinski definition) is 5. The number of ether oxygens (including phenoxy) is 1. The molecule has 3 aliphatic rings. The fourth-order valence-corrected chi connectivity index (χ4v) is 4.54. The molecule has 0 saturated heterocycles. The van der Waals surface area contributed by atoms with E-state index in [1.54, 1.807) is 6.07 Å². The molecule has 6 nitrogen and oxygen atoms in total. The van der Waals surface area contributed by atoms with Crippen LogP contribution in [-0.4, -0.2) is 33.9 Å². The summed E-state index contributed by atoms with van der Waals surface area (Å²) >= 11 is 6.91. The van der Waals surface area contributed by atoms with Crippen LogP contribution in [0.4, 0.5) is 4.39 Å². The average molecular weight is 410 g/mol. The van der Waals surface area contributed by atoms with E-state index in [0.29, 0.717) is 25.0 Å². The van der Waals surface area contributed by atoms with E-state index in [0.717, 1.165) is 10.9 Å². The number of nitrogens with one attached hydrogen (secondary N) is 2. The molecular weight excluding hydrogens is 393 g/mol. The van der Waals surface area contributed by atoms with Gasteiger partial charge in [-0.2, -0.15) is 4.37 Å². The lowest BCUT2D eigenvalue weighted by Gasteiger charge is -2.70. The number of halogens is 2. The van der Waals surface area contributed by atoms with E-state index < -0.39 is 5.82 Å². The van der Waals surface area contributed by atoms with Gasteiger partial charge in [0, 0.05) is 22.0 Å². The highest BCUT2D eigenvalue weighted by Gasteiger charge is 2.69. The van der Waals surface area contributed by atoms with Crippen molar-refractivity contribution in [1.29, 1.82) is 0 Å². The Morgan fingerprint density at radius 1 is 1.26 bits per heavy atom. The minimum Gasteiger partial charge on any atom is -0.484 e. The molecule has 142 valence electrons. The third-order valence-electron chi connectivity index (χ3n) is 4.94. The lowest BCUT2D eigenvalue weighted by molar-refractivity contribution is -0.141. The molecule has 2 N–H and O–H groups in total. The smallest absolute Gasteiger partial charge is 0.271 e. The zero-order chi connectivity index (χ0) is 19.2. The van der Waals surface area contributed by atoms with Crippen LogP contribution in [0.5, 0.6) is 5.75 Å². The minimum atomic E-state index is -0.595. The Bertz CT molecular complexity index is 913. The molecule has 0 unspecified atom stereocenters. The second kappa shape index (κ2) is 6.45. The number of amides is 2. The second-order valence-electron chi connectivity index (χ2n) is 7.28. The Kier molecular flexibility index (Phi) is 4.35. The maximum atomic E-state index is 13.4. The van der Waals surface area contributed by atoms with Crippen molar-refractivity contribution in [2.24, 2.45) is 0 Å². The summed E-state index contributed by atoms with van der Waals surface area (Å²) in [5.74, 6) is -0.805. The van der Waals surface area contributed by atoms with Crippen LogP contribution in [0, 0.1) is 12.7 Å². The maximum absolute atomic E-state index is 13.4. The third-order valence-corrected chi connectivity index (χ3v) is 5.94. The predicted octanol–water partition coefficient (Wildman–Crippen LogP) is 2.84. The topological polar surface area (TPSA) is 80.3 Å². The monoisotopic (exact) mass is 409 g/mol. The van der Waals surface area contributed by atoms with Crippen LogP contribution < -0.4 is 15.4 Å². The van der Waals surface area contributed by atoms with Crippen molar-refractivity contribution in [3.63, 3.8) is 0 Å². The third kappa shape index (κ3) is 3.51. The molecule has 1 heterocycles. The molecule has 0 aliphatic heterocycles. The Labute approximate surface area is 164 Å². The van der Waals surface area contributed by atoms with Gasteiger partial charge in [0.1, 0.15) is 17.3 Å². The summed E-state index contributed by atoms with van der Waals surface area (Å²) in [6, 6.07) is 5.78. The number of rotatable bonds is 6. The molecule has 0 atom stereocenters. The predicted molar refractivity (Wildman–Crippen MR) is 98.7 cm³/mol. The van der Waals surface area contributed by atoms with Crippen LogP contribution in [0.2, 0.25) is 5.02 Å². The number of carbonyl (C=O) groups excluding carboxylic acids is 2. The normalized spacial score (nSPS) is 25.1. The first-order valence-electron chi connectivity index (χ1n) is 8.43. The van der Waals surface area contributed by atoms with Crippen LogP contribution >= 0.6 is 23.1 Å². The molecule has 0 spiro atoms. The van der Waals surface area contributed by atoms with Crippen molar-refractivity contribution in [2.45, 2.75) is 37.3 Å². The van der Waals surface area contributed by atoms with Crippen LogP contribution in [0.3, 0.4) is 0 Å². The van der Waals surface area contributed by atoms with E-state index in [1.807, 2.05) is 6.92 Å². The molecule has 2 bridgehead atoms. The van der Waals surface area contributed by atoms with Crippen molar-refractivity contribution in [3.05, 3.63) is 45.7 Å². The maximum Gasteiger partial charge on any atom is 0.271 e. The van der Waals surface area contributed by atoms with Gasteiger partial charge >= 0.3 is 0 Å². The van der Waals surface area contributed by atoms with Gasteiger partial charge in [-0.25, -0.2) is 4.39 Å². The fraction of sp³-hybridized carbons (Fsp3) is 0.389. The Morgan fingerprint density at radius 2 is 1.96 bits per heavy atom. The van der Waals surface area contributed by atoms with Gasteiger partial charge < -0.3 is 15.4 Å². The molecular formula is C18H17ClFN3O3S. The van der Waals surface area contributed by atoms with Crippen LogP contribution in [0.1, 0.15) is 34.6 Å². The Morgan fingerprint density at radius 3 is 2.59 bits per heavy atom. The molecule has 9 heteroatoms. The van der Waals surface area contributed by atoms with Crippen molar-refractivity contribution in [3.8, 4) is 5.75 Å². The molecule has 1 aromatic carbocycles. The summed E-state index contributed by atoms with van der Waals surface area (Å²) in [6.07, 6.45) is 2.07. The lowest BCUT2D eigenvalue weighted by atomic mass is 9.44. The van der Waals surface area contributed by atoms with Crippen molar-refractivity contribution >= 4 is 34.9 Å². The zero-order valence-electron chi connectivity index (χ0n) is 14.5. The minimum absolute atomic E-state index is 0.000764. The van der Waals surface area contributed by atoms with Gasteiger partial charge in [-0.15, -0.1) is 0 Å². The van der Waals surface area contributed by atoms with Crippen molar-refractivity contribution < 1.29 is 18.7 Å². The lowest BCUT2D eigenvalue weighted by Crippen LogP contribution is -2.84. The highest BCUT2D eigenvalue weighted by atomic mass is 35.5. The fourth-order valence-electron chi connectivity index (χ4n) is 3.88. The van der Waals surface area contributed by atoms with Crippen LogP contribution in [-0.2, 0) is 4.79 Å². The quantitative estimate of drug-likeness (QED) is 0.768. The molecule has 27 heavy (non-hydrogen) atoms. The SMILES string of the molecule is Cc1cc(C(=O)NC23CC(NC(=O)COc4ccc(Cl)c(F)c4)(C2)C3)ns1. The van der Waals surface area contributed by atoms with Crippen LogP contribution in [0.25, 0.3) is 0 Å². The van der Waals surface area contributed by atoms with E-state index in [2.05, 4.69) is 15.0 Å². The summed E-state index contributed by atoms with van der Waals surface area (Å²) in [5.41, 5.74) is -0.0946. The largest absolute Gasteiger partial charge is 0.484 e. The van der Waals surface area contributed by atoms with E-state index in [4.69, 9.17) is 16.3 Å². The molecule has 2 aromatic rings. The van der Waals surface area contributed by atoms with Gasteiger partial charge in [0.25, 0.3) is 11.8 Å². The zero-order valence-corrected chi connectivity index (χ0v) is 16.0. The van der Waals surface area contributed by atoms with E-state index in [-0.39, 0.29) is 40.3 Å². The van der Waals surface area contributed by atoms with E-state index in [1.165, 1.54) is 23.7 Å². The number of carbonyl (C=O) groups is 2. The van der Waals surface area contributed by atoms with Crippen molar-refractivity contribution in [2.75, 3.05) is 6.61 Å². The molecule has 2 amide bonds. The van der Waals surface area contributed by atoms with Gasteiger partial charge in [0.05, 0.1) is 5.02 Å². The van der Waals surface area contributed by atoms with Gasteiger partial charge in [0.15, 0.2) is 6.61 Å². The number of benzene rings is 1. The van der Waals surface area contributed by atoms with Gasteiger partial charge in [0.2, 0.25) is 0 Å². The number of hydrogen-bond donors (Lipinski definition) is 2. The highest BCUT2D eigenvalue weighted by Crippen LogP contribution is 2.60. The number of nitrogens with zero attached hydrogens (tertiary/aromatic N) is 1. The molecule has 3 fully saturated rings. The Hall–Kier alpha value is -2.19. The summed E-state index contributed by atoms with van der Waals surface area (Å²) in [5, 5.41) is 5.97. The molecule has 5 rings (SSSR count). The van der Waals surface area contributed by atoms with Crippen molar-refractivity contribution in [1.82, 2.24) is 15.0 Å². The first-order valence-corrected chi connectivity index (χ1v) is 9.58. The van der Waals surface area contributed by atoms with Gasteiger partial charge in [-0.1, -0.05) is 11.6 Å². The number of aryl methyl sites for hydroxylation is 1.